The number of carbonyl (C=O) groups excluding carboxylic acids is 1. The average molecular weight is 518 g/mol. The lowest BCUT2D eigenvalue weighted by molar-refractivity contribution is 0.100. The molecule has 1 amide bonds. The molecule has 0 radical (unpaired) electrons. The van der Waals surface area contributed by atoms with Gasteiger partial charge in [-0.3, -0.25) is 14.8 Å². The number of carbonyl (C=O) groups is 1. The fourth-order valence-corrected chi connectivity index (χ4v) is 5.78. The highest BCUT2D eigenvalue weighted by Crippen LogP contribution is 2.44. The van der Waals surface area contributed by atoms with Gasteiger partial charge in [0, 0.05) is 35.6 Å². The van der Waals surface area contributed by atoms with Gasteiger partial charge < -0.3 is 20.9 Å². The van der Waals surface area contributed by atoms with Crippen LogP contribution in [0.4, 0.5) is 0 Å². The van der Waals surface area contributed by atoms with Gasteiger partial charge in [-0.05, 0) is 54.6 Å². The summed E-state index contributed by atoms with van der Waals surface area (Å²) in [4.78, 5) is 14.8. The predicted molar refractivity (Wildman–Crippen MR) is 149 cm³/mol. The van der Waals surface area contributed by atoms with Crippen LogP contribution in [-0.2, 0) is 0 Å². The first-order valence-electron chi connectivity index (χ1n) is 12.3. The third kappa shape index (κ3) is 5.11. The number of primary amides is 1. The van der Waals surface area contributed by atoms with Crippen LogP contribution < -0.4 is 20.9 Å². The molecular formula is C28H31N5O3S. The number of aromatic amines is 1. The molecule has 2 aromatic carbocycles. The number of nitrogens with one attached hydrogen (secondary N) is 1. The van der Waals surface area contributed by atoms with E-state index < -0.39 is 5.91 Å². The fourth-order valence-electron chi connectivity index (χ4n) is 4.85. The Morgan fingerprint density at radius 2 is 2.11 bits per heavy atom. The fraction of sp³-hybridized carbons (Fsp3) is 0.286. The standard InChI is InChI=1S/C28H31N5O3S/c1-17-21(16-37-27(17)28(30)34)25-18(7-9-23-20-5-3-4-6-22(20)31-32-23)8-10-24(26(25)35-2)36-14-13-33-12-11-19(29)15-33/h3-10,16,19H,11-15,29H2,1-2H3,(H2,30,34)(H,31,32)/t19-/m1/s1. The summed E-state index contributed by atoms with van der Waals surface area (Å²) < 4.78 is 12.1. The second-order valence-electron chi connectivity index (χ2n) is 9.21. The molecule has 0 spiro atoms. The van der Waals surface area contributed by atoms with Crippen LogP contribution in [0, 0.1) is 6.92 Å². The van der Waals surface area contributed by atoms with Crippen LogP contribution in [0.3, 0.4) is 0 Å². The van der Waals surface area contributed by atoms with E-state index in [0.717, 1.165) is 64.9 Å². The van der Waals surface area contributed by atoms with E-state index in [1.165, 1.54) is 11.3 Å². The van der Waals surface area contributed by atoms with Crippen molar-refractivity contribution in [3.05, 3.63) is 63.5 Å². The average Bonchev–Trinajstić information content (AvgIpc) is 3.61. The molecule has 1 fully saturated rings. The first-order valence-corrected chi connectivity index (χ1v) is 13.2. The van der Waals surface area contributed by atoms with E-state index in [4.69, 9.17) is 20.9 Å². The molecule has 4 aromatic rings. The highest BCUT2D eigenvalue weighted by atomic mass is 32.1. The third-order valence-electron chi connectivity index (χ3n) is 6.78. The highest BCUT2D eigenvalue weighted by molar-refractivity contribution is 7.12. The van der Waals surface area contributed by atoms with Crippen LogP contribution >= 0.6 is 11.3 Å². The number of amides is 1. The van der Waals surface area contributed by atoms with Crippen molar-refractivity contribution in [2.24, 2.45) is 11.5 Å². The van der Waals surface area contributed by atoms with Gasteiger partial charge in [-0.25, -0.2) is 0 Å². The molecule has 0 unspecified atom stereocenters. The first-order chi connectivity index (χ1) is 18.0. The zero-order valence-electron chi connectivity index (χ0n) is 21.0. The second kappa shape index (κ2) is 10.8. The Hall–Kier alpha value is -3.66. The van der Waals surface area contributed by atoms with E-state index in [2.05, 4.69) is 15.1 Å². The van der Waals surface area contributed by atoms with Crippen molar-refractivity contribution >= 4 is 40.3 Å². The molecule has 192 valence electrons. The molecule has 1 aliphatic heterocycles. The van der Waals surface area contributed by atoms with Gasteiger partial charge in [-0.15, -0.1) is 11.3 Å². The van der Waals surface area contributed by atoms with Crippen LogP contribution in [0.25, 0.3) is 34.2 Å². The molecule has 0 aliphatic carbocycles. The number of benzene rings is 2. The lowest BCUT2D eigenvalue weighted by Gasteiger charge is -2.19. The highest BCUT2D eigenvalue weighted by Gasteiger charge is 2.23. The van der Waals surface area contributed by atoms with Crippen molar-refractivity contribution in [3.63, 3.8) is 0 Å². The van der Waals surface area contributed by atoms with E-state index in [0.29, 0.717) is 23.0 Å². The Balaban J connectivity index is 1.52. The van der Waals surface area contributed by atoms with E-state index in [9.17, 15) is 4.79 Å². The van der Waals surface area contributed by atoms with Crippen molar-refractivity contribution in [1.29, 1.82) is 0 Å². The lowest BCUT2D eigenvalue weighted by Crippen LogP contribution is -2.29. The Bertz CT molecular complexity index is 1460. The van der Waals surface area contributed by atoms with E-state index in [1.54, 1.807) is 7.11 Å². The van der Waals surface area contributed by atoms with Gasteiger partial charge in [-0.1, -0.05) is 30.3 Å². The number of hydrogen-bond donors (Lipinski definition) is 3. The summed E-state index contributed by atoms with van der Waals surface area (Å²) in [6, 6.07) is 12.2. The number of nitrogens with two attached hydrogens (primary N) is 2. The van der Waals surface area contributed by atoms with E-state index in [1.807, 2.05) is 60.9 Å². The predicted octanol–water partition coefficient (Wildman–Crippen LogP) is 4.29. The van der Waals surface area contributed by atoms with Crippen LogP contribution in [0.1, 0.15) is 32.9 Å². The number of nitrogens with zero attached hydrogens (tertiary/aromatic N) is 2. The summed E-state index contributed by atoms with van der Waals surface area (Å²) in [6.07, 6.45) is 5.00. The Morgan fingerprint density at radius 1 is 1.27 bits per heavy atom. The zero-order valence-corrected chi connectivity index (χ0v) is 21.8. The molecule has 0 saturated carbocycles. The lowest BCUT2D eigenvalue weighted by atomic mass is 9.96. The third-order valence-corrected chi connectivity index (χ3v) is 7.88. The van der Waals surface area contributed by atoms with Gasteiger partial charge in [-0.2, -0.15) is 5.10 Å². The number of aromatic nitrogens is 2. The number of hydrogen-bond acceptors (Lipinski definition) is 7. The summed E-state index contributed by atoms with van der Waals surface area (Å²) in [5.74, 6) is 0.822. The molecule has 3 heterocycles. The van der Waals surface area contributed by atoms with E-state index >= 15 is 0 Å². The molecule has 1 aliphatic rings. The Kier molecular flexibility index (Phi) is 7.27. The van der Waals surface area contributed by atoms with Gasteiger partial charge >= 0.3 is 0 Å². The largest absolute Gasteiger partial charge is 0.492 e. The number of rotatable bonds is 9. The molecule has 1 atom stereocenters. The van der Waals surface area contributed by atoms with Crippen molar-refractivity contribution in [3.8, 4) is 22.6 Å². The number of methoxy groups -OCH3 is 1. The van der Waals surface area contributed by atoms with Crippen molar-refractivity contribution < 1.29 is 14.3 Å². The summed E-state index contributed by atoms with van der Waals surface area (Å²) in [6.45, 7) is 5.10. The van der Waals surface area contributed by atoms with E-state index in [-0.39, 0.29) is 6.04 Å². The Morgan fingerprint density at radius 3 is 2.84 bits per heavy atom. The maximum atomic E-state index is 12.0. The SMILES string of the molecule is COc1c(OCCN2CC[C@@H](N)C2)ccc(C=Cc2n[nH]c3ccccc23)c1-c1csc(C(N)=O)c1C. The number of thiophene rings is 1. The monoisotopic (exact) mass is 517 g/mol. The van der Waals surface area contributed by atoms with Gasteiger partial charge in [0.05, 0.1) is 23.2 Å². The molecule has 8 nitrogen and oxygen atoms in total. The van der Waals surface area contributed by atoms with Crippen LogP contribution in [-0.4, -0.2) is 60.4 Å². The minimum Gasteiger partial charge on any atom is -0.492 e. The van der Waals surface area contributed by atoms with Crippen LogP contribution in [0.2, 0.25) is 0 Å². The summed E-state index contributed by atoms with van der Waals surface area (Å²) in [5, 5.41) is 10.5. The molecule has 2 aromatic heterocycles. The maximum Gasteiger partial charge on any atom is 0.259 e. The van der Waals surface area contributed by atoms with Gasteiger partial charge in [0.1, 0.15) is 6.61 Å². The molecule has 5 rings (SSSR count). The first kappa shape index (κ1) is 25.0. The summed E-state index contributed by atoms with van der Waals surface area (Å²) in [7, 11) is 1.64. The number of para-hydroxylation sites is 1. The molecule has 1 saturated heterocycles. The molecule has 0 bridgehead atoms. The Labute approximate surface area is 219 Å². The van der Waals surface area contributed by atoms with Crippen molar-refractivity contribution in [1.82, 2.24) is 15.1 Å². The van der Waals surface area contributed by atoms with Crippen molar-refractivity contribution in [2.45, 2.75) is 19.4 Å². The minimum atomic E-state index is -0.441. The van der Waals surface area contributed by atoms with Crippen molar-refractivity contribution in [2.75, 3.05) is 33.4 Å². The normalized spacial score (nSPS) is 16.1. The topological polar surface area (TPSA) is 119 Å². The smallest absolute Gasteiger partial charge is 0.259 e. The molecular weight excluding hydrogens is 486 g/mol. The number of H-pyrrole nitrogens is 1. The number of likely N-dealkylation sites (tertiary alicyclic amines) is 1. The number of fused-ring (bicyclic) bond motifs is 1. The van der Waals surface area contributed by atoms with Gasteiger partial charge in [0.15, 0.2) is 11.5 Å². The van der Waals surface area contributed by atoms with Gasteiger partial charge in [0.25, 0.3) is 5.91 Å². The summed E-state index contributed by atoms with van der Waals surface area (Å²) in [5.41, 5.74) is 17.0. The maximum absolute atomic E-state index is 12.0. The minimum absolute atomic E-state index is 0.236. The summed E-state index contributed by atoms with van der Waals surface area (Å²) >= 11 is 1.33. The quantitative estimate of drug-likeness (QED) is 0.305. The van der Waals surface area contributed by atoms with Gasteiger partial charge in [0.2, 0.25) is 0 Å². The molecule has 9 heteroatoms. The second-order valence-corrected chi connectivity index (χ2v) is 10.1. The molecule has 37 heavy (non-hydrogen) atoms. The van der Waals surface area contributed by atoms with Crippen LogP contribution in [0.5, 0.6) is 11.5 Å². The zero-order chi connectivity index (χ0) is 25.9. The number of ether oxygens (including phenoxy) is 2. The molecule has 5 N–H and O–H groups in total. The van der Waals surface area contributed by atoms with Crippen LogP contribution in [0.15, 0.2) is 41.8 Å².